The van der Waals surface area contributed by atoms with E-state index in [-0.39, 0.29) is 18.2 Å². The van der Waals surface area contributed by atoms with E-state index in [1.807, 2.05) is 0 Å². The Hall–Kier alpha value is -0.870. The molecule has 2 rings (SSSR count). The summed E-state index contributed by atoms with van der Waals surface area (Å²) in [6.07, 6.45) is 5.41. The molecule has 0 spiro atoms. The molecule has 1 aromatic rings. The second kappa shape index (κ2) is 6.72. The van der Waals surface area contributed by atoms with E-state index >= 15 is 0 Å². The Labute approximate surface area is 122 Å². The Morgan fingerprint density at radius 2 is 2.00 bits per heavy atom. The number of aromatic nitrogens is 2. The van der Waals surface area contributed by atoms with Crippen LogP contribution in [0.5, 0.6) is 0 Å². The number of nitrogens with one attached hydrogen (secondary N) is 1. The highest BCUT2D eigenvalue weighted by molar-refractivity contribution is 5.28. The standard InChI is InChI=1S/C16H29N3O/c1-5-19-13(4)16(12(3)18-19)11(2)17-14-9-7-6-8-10-15(14)20/h11,14-15,17,20H,5-10H2,1-4H3. The van der Waals surface area contributed by atoms with Gasteiger partial charge in [0, 0.05) is 29.9 Å². The number of hydrogen-bond donors (Lipinski definition) is 2. The highest BCUT2D eigenvalue weighted by Crippen LogP contribution is 2.25. The van der Waals surface area contributed by atoms with Crippen LogP contribution in [0.25, 0.3) is 0 Å². The van der Waals surface area contributed by atoms with E-state index in [0.29, 0.717) is 0 Å². The molecule has 0 bridgehead atoms. The summed E-state index contributed by atoms with van der Waals surface area (Å²) in [4.78, 5) is 0. The summed E-state index contributed by atoms with van der Waals surface area (Å²) in [6.45, 7) is 9.44. The van der Waals surface area contributed by atoms with Crippen LogP contribution in [0.15, 0.2) is 0 Å². The van der Waals surface area contributed by atoms with E-state index in [2.05, 4.69) is 42.8 Å². The van der Waals surface area contributed by atoms with E-state index in [9.17, 15) is 5.11 Å². The van der Waals surface area contributed by atoms with E-state index in [0.717, 1.165) is 31.5 Å². The van der Waals surface area contributed by atoms with Crippen molar-refractivity contribution in [3.8, 4) is 0 Å². The van der Waals surface area contributed by atoms with Gasteiger partial charge in [0.25, 0.3) is 0 Å². The third-order valence-electron chi connectivity index (χ3n) is 4.61. The quantitative estimate of drug-likeness (QED) is 0.833. The van der Waals surface area contributed by atoms with Crippen molar-refractivity contribution in [3.05, 3.63) is 17.0 Å². The van der Waals surface area contributed by atoms with E-state index in [4.69, 9.17) is 0 Å². The molecule has 3 atom stereocenters. The summed E-state index contributed by atoms with van der Waals surface area (Å²) in [7, 11) is 0. The van der Waals surface area contributed by atoms with Crippen molar-refractivity contribution in [2.75, 3.05) is 0 Å². The maximum absolute atomic E-state index is 10.3. The largest absolute Gasteiger partial charge is 0.392 e. The van der Waals surface area contributed by atoms with E-state index in [1.165, 1.54) is 24.1 Å². The topological polar surface area (TPSA) is 50.1 Å². The van der Waals surface area contributed by atoms with Crippen molar-refractivity contribution in [2.45, 2.75) is 84.5 Å². The molecule has 3 unspecified atom stereocenters. The van der Waals surface area contributed by atoms with Crippen LogP contribution >= 0.6 is 0 Å². The van der Waals surface area contributed by atoms with Gasteiger partial charge in [-0.1, -0.05) is 19.3 Å². The van der Waals surface area contributed by atoms with E-state index in [1.54, 1.807) is 0 Å². The van der Waals surface area contributed by atoms with Crippen molar-refractivity contribution in [1.29, 1.82) is 0 Å². The number of nitrogens with zero attached hydrogens (tertiary/aromatic N) is 2. The highest BCUT2D eigenvalue weighted by atomic mass is 16.3. The second-order valence-electron chi connectivity index (χ2n) is 6.10. The molecule has 0 aromatic carbocycles. The number of rotatable bonds is 4. The lowest BCUT2D eigenvalue weighted by atomic mass is 10.0. The first-order chi connectivity index (χ1) is 9.54. The van der Waals surface area contributed by atoms with Gasteiger partial charge in [0.1, 0.15) is 0 Å². The van der Waals surface area contributed by atoms with Gasteiger partial charge in [-0.25, -0.2) is 0 Å². The molecule has 1 saturated carbocycles. The third kappa shape index (κ3) is 3.23. The lowest BCUT2D eigenvalue weighted by Crippen LogP contribution is -2.40. The molecule has 1 aliphatic rings. The first-order valence-corrected chi connectivity index (χ1v) is 8.02. The van der Waals surface area contributed by atoms with Crippen LogP contribution in [0.3, 0.4) is 0 Å². The Kier molecular flexibility index (Phi) is 5.22. The summed E-state index contributed by atoms with van der Waals surface area (Å²) in [5.41, 5.74) is 3.64. The van der Waals surface area contributed by atoms with Crippen LogP contribution < -0.4 is 5.32 Å². The molecule has 1 fully saturated rings. The normalized spacial score (nSPS) is 25.4. The molecule has 114 valence electrons. The number of aliphatic hydroxyl groups excluding tert-OH is 1. The summed E-state index contributed by atoms with van der Waals surface area (Å²) in [5.74, 6) is 0. The van der Waals surface area contributed by atoms with Gasteiger partial charge >= 0.3 is 0 Å². The summed E-state index contributed by atoms with van der Waals surface area (Å²) in [6, 6.07) is 0.462. The van der Waals surface area contributed by atoms with Gasteiger partial charge in [-0.05, 0) is 40.5 Å². The van der Waals surface area contributed by atoms with Crippen LogP contribution in [0, 0.1) is 13.8 Å². The minimum atomic E-state index is -0.207. The van der Waals surface area contributed by atoms with Crippen molar-refractivity contribution in [1.82, 2.24) is 15.1 Å². The Morgan fingerprint density at radius 3 is 2.65 bits per heavy atom. The van der Waals surface area contributed by atoms with Crippen molar-refractivity contribution < 1.29 is 5.11 Å². The molecule has 1 heterocycles. The SMILES string of the molecule is CCn1nc(C)c(C(C)NC2CCCCCC2O)c1C. The zero-order valence-electron chi connectivity index (χ0n) is 13.3. The zero-order valence-corrected chi connectivity index (χ0v) is 13.3. The Bertz CT molecular complexity index is 441. The van der Waals surface area contributed by atoms with Gasteiger partial charge in [-0.3, -0.25) is 4.68 Å². The van der Waals surface area contributed by atoms with Gasteiger partial charge in [0.2, 0.25) is 0 Å². The van der Waals surface area contributed by atoms with Crippen molar-refractivity contribution >= 4 is 0 Å². The fraction of sp³-hybridized carbons (Fsp3) is 0.812. The fourth-order valence-electron chi connectivity index (χ4n) is 3.53. The van der Waals surface area contributed by atoms with Gasteiger partial charge in [0.05, 0.1) is 11.8 Å². The van der Waals surface area contributed by atoms with Crippen molar-refractivity contribution in [2.24, 2.45) is 0 Å². The molecular formula is C16H29N3O. The molecule has 0 saturated heterocycles. The monoisotopic (exact) mass is 279 g/mol. The maximum Gasteiger partial charge on any atom is 0.0693 e. The number of aliphatic hydroxyl groups is 1. The lowest BCUT2D eigenvalue weighted by molar-refractivity contribution is 0.114. The minimum Gasteiger partial charge on any atom is -0.392 e. The predicted octanol–water partition coefficient (Wildman–Crippen LogP) is 2.86. The van der Waals surface area contributed by atoms with E-state index < -0.39 is 0 Å². The number of hydrogen-bond acceptors (Lipinski definition) is 3. The summed E-state index contributed by atoms with van der Waals surface area (Å²) >= 11 is 0. The lowest BCUT2D eigenvalue weighted by Gasteiger charge is -2.26. The molecule has 1 aliphatic carbocycles. The molecule has 20 heavy (non-hydrogen) atoms. The third-order valence-corrected chi connectivity index (χ3v) is 4.61. The first kappa shape index (κ1) is 15.5. The highest BCUT2D eigenvalue weighted by Gasteiger charge is 2.25. The number of aryl methyl sites for hydroxylation is 2. The van der Waals surface area contributed by atoms with Crippen LogP contribution in [-0.2, 0) is 6.54 Å². The molecule has 0 radical (unpaired) electrons. The van der Waals surface area contributed by atoms with Gasteiger partial charge < -0.3 is 10.4 Å². The van der Waals surface area contributed by atoms with Gasteiger partial charge in [-0.15, -0.1) is 0 Å². The molecule has 0 amide bonds. The average Bonchev–Trinajstić information content (AvgIpc) is 2.56. The molecule has 1 aromatic heterocycles. The van der Waals surface area contributed by atoms with Crippen LogP contribution in [0.1, 0.15) is 68.9 Å². The van der Waals surface area contributed by atoms with Crippen molar-refractivity contribution in [3.63, 3.8) is 0 Å². The Balaban J connectivity index is 2.11. The van der Waals surface area contributed by atoms with Crippen LogP contribution in [0.2, 0.25) is 0 Å². The van der Waals surface area contributed by atoms with Gasteiger partial charge in [-0.2, -0.15) is 5.10 Å². The Morgan fingerprint density at radius 1 is 1.30 bits per heavy atom. The minimum absolute atomic E-state index is 0.207. The fourth-order valence-corrected chi connectivity index (χ4v) is 3.53. The maximum atomic E-state index is 10.3. The molecular weight excluding hydrogens is 250 g/mol. The molecule has 0 aliphatic heterocycles. The molecule has 4 nitrogen and oxygen atoms in total. The zero-order chi connectivity index (χ0) is 14.7. The van der Waals surface area contributed by atoms with Gasteiger partial charge in [0.15, 0.2) is 0 Å². The second-order valence-corrected chi connectivity index (χ2v) is 6.10. The molecule has 4 heteroatoms. The van der Waals surface area contributed by atoms with Crippen LogP contribution in [-0.4, -0.2) is 27.0 Å². The smallest absolute Gasteiger partial charge is 0.0693 e. The molecule has 2 N–H and O–H groups in total. The average molecular weight is 279 g/mol. The summed E-state index contributed by atoms with van der Waals surface area (Å²) in [5, 5.41) is 18.5. The van der Waals surface area contributed by atoms with Crippen LogP contribution in [0.4, 0.5) is 0 Å². The predicted molar refractivity (Wildman–Crippen MR) is 81.8 cm³/mol. The summed E-state index contributed by atoms with van der Waals surface area (Å²) < 4.78 is 2.06. The first-order valence-electron chi connectivity index (χ1n) is 8.02.